The molecule has 21 heavy (non-hydrogen) atoms. The maximum absolute atomic E-state index is 12.3. The van der Waals surface area contributed by atoms with Gasteiger partial charge in [-0.25, -0.2) is 4.79 Å². The Hall–Kier alpha value is -2.09. The Balaban J connectivity index is 2.59. The second kappa shape index (κ2) is 5.72. The first-order valence-electron chi connectivity index (χ1n) is 6.93. The molecular formula is C13H22N6O2. The zero-order valence-electron chi connectivity index (χ0n) is 13.2. The Labute approximate surface area is 122 Å². The number of anilines is 1. The second-order valence-corrected chi connectivity index (χ2v) is 5.29. The first-order chi connectivity index (χ1) is 9.88. The van der Waals surface area contributed by atoms with Crippen molar-refractivity contribution >= 4 is 17.1 Å². The standard InChI is InChI=1S/C13H22N6O2/c1-6-19-9-10(15-12(19)14-7-8-16(2)3)17(4)13(21)18(5)11(9)20/h6-8H2,1-5H3,(H,14,15). The van der Waals surface area contributed by atoms with Gasteiger partial charge in [0.25, 0.3) is 5.56 Å². The molecule has 0 aromatic carbocycles. The van der Waals surface area contributed by atoms with E-state index in [1.54, 1.807) is 7.05 Å². The number of aryl methyl sites for hydroxylation is 2. The van der Waals surface area contributed by atoms with Crippen LogP contribution in [0.5, 0.6) is 0 Å². The van der Waals surface area contributed by atoms with Gasteiger partial charge in [0.05, 0.1) is 0 Å². The maximum atomic E-state index is 12.3. The van der Waals surface area contributed by atoms with Crippen LogP contribution in [0, 0.1) is 0 Å². The van der Waals surface area contributed by atoms with Gasteiger partial charge in [-0.3, -0.25) is 13.9 Å². The average molecular weight is 294 g/mol. The summed E-state index contributed by atoms with van der Waals surface area (Å²) in [5.74, 6) is 0.618. The molecule has 8 heteroatoms. The molecule has 0 aliphatic carbocycles. The predicted molar refractivity (Wildman–Crippen MR) is 82.9 cm³/mol. The number of aromatic nitrogens is 4. The molecule has 0 radical (unpaired) electrons. The van der Waals surface area contributed by atoms with E-state index >= 15 is 0 Å². The Kier molecular flexibility index (Phi) is 4.17. The van der Waals surface area contributed by atoms with Crippen LogP contribution in [-0.2, 0) is 20.6 Å². The zero-order valence-corrected chi connectivity index (χ0v) is 13.2. The summed E-state index contributed by atoms with van der Waals surface area (Å²) >= 11 is 0. The van der Waals surface area contributed by atoms with Crippen molar-refractivity contribution in [2.45, 2.75) is 13.5 Å². The zero-order chi connectivity index (χ0) is 15.7. The third-order valence-electron chi connectivity index (χ3n) is 3.51. The lowest BCUT2D eigenvalue weighted by atomic mass is 10.5. The van der Waals surface area contributed by atoms with Crippen molar-refractivity contribution < 1.29 is 0 Å². The van der Waals surface area contributed by atoms with Gasteiger partial charge in [0, 0.05) is 33.7 Å². The van der Waals surface area contributed by atoms with Gasteiger partial charge in [0.15, 0.2) is 11.2 Å². The van der Waals surface area contributed by atoms with Crippen molar-refractivity contribution in [3.05, 3.63) is 20.8 Å². The fourth-order valence-corrected chi connectivity index (χ4v) is 2.28. The maximum Gasteiger partial charge on any atom is 0.332 e. The van der Waals surface area contributed by atoms with Gasteiger partial charge < -0.3 is 14.8 Å². The minimum absolute atomic E-state index is 0.317. The largest absolute Gasteiger partial charge is 0.354 e. The van der Waals surface area contributed by atoms with E-state index in [1.807, 2.05) is 25.6 Å². The summed E-state index contributed by atoms with van der Waals surface area (Å²) in [6, 6.07) is 0. The first kappa shape index (κ1) is 15.3. The van der Waals surface area contributed by atoms with Crippen LogP contribution in [0.2, 0.25) is 0 Å². The molecule has 0 bridgehead atoms. The highest BCUT2D eigenvalue weighted by Gasteiger charge is 2.17. The molecular weight excluding hydrogens is 272 g/mol. The summed E-state index contributed by atoms with van der Waals surface area (Å²) in [6.07, 6.45) is 0. The molecule has 0 fully saturated rings. The SMILES string of the molecule is CCn1c(NCCN(C)C)nc2c1c(=O)n(C)c(=O)n2C. The number of nitrogens with zero attached hydrogens (tertiary/aromatic N) is 5. The molecule has 0 saturated heterocycles. The normalized spacial score (nSPS) is 11.5. The summed E-state index contributed by atoms with van der Waals surface area (Å²) in [5.41, 5.74) is 0.183. The fourth-order valence-electron chi connectivity index (χ4n) is 2.28. The van der Waals surface area contributed by atoms with Crippen molar-refractivity contribution in [2.75, 3.05) is 32.5 Å². The molecule has 0 aliphatic heterocycles. The molecule has 0 aliphatic rings. The van der Waals surface area contributed by atoms with E-state index in [2.05, 4.69) is 15.2 Å². The van der Waals surface area contributed by atoms with E-state index in [0.29, 0.717) is 30.2 Å². The van der Waals surface area contributed by atoms with E-state index in [1.165, 1.54) is 11.6 Å². The number of rotatable bonds is 5. The average Bonchev–Trinajstić information content (AvgIpc) is 2.81. The van der Waals surface area contributed by atoms with Crippen LogP contribution in [-0.4, -0.2) is 50.8 Å². The number of hydrogen-bond acceptors (Lipinski definition) is 5. The number of imidazole rings is 1. The molecule has 2 heterocycles. The van der Waals surface area contributed by atoms with Gasteiger partial charge in [-0.05, 0) is 21.0 Å². The molecule has 0 atom stereocenters. The number of likely N-dealkylation sites (N-methyl/N-ethyl adjacent to an activating group) is 1. The molecule has 116 valence electrons. The predicted octanol–water partition coefficient (Wildman–Crippen LogP) is -0.573. The Morgan fingerprint density at radius 1 is 1.19 bits per heavy atom. The van der Waals surface area contributed by atoms with Crippen LogP contribution in [0.3, 0.4) is 0 Å². The molecule has 0 spiro atoms. The van der Waals surface area contributed by atoms with Gasteiger partial charge >= 0.3 is 5.69 Å². The monoisotopic (exact) mass is 294 g/mol. The van der Waals surface area contributed by atoms with Gasteiger partial charge in [0.1, 0.15) is 0 Å². The molecule has 0 saturated carbocycles. The van der Waals surface area contributed by atoms with E-state index in [9.17, 15) is 9.59 Å². The fraction of sp³-hybridized carbons (Fsp3) is 0.615. The van der Waals surface area contributed by atoms with E-state index in [-0.39, 0.29) is 11.2 Å². The topological polar surface area (TPSA) is 77.1 Å². The highest BCUT2D eigenvalue weighted by molar-refractivity contribution is 5.74. The minimum Gasteiger partial charge on any atom is -0.354 e. The Morgan fingerprint density at radius 2 is 1.86 bits per heavy atom. The molecule has 2 rings (SSSR count). The molecule has 2 aromatic heterocycles. The van der Waals surface area contributed by atoms with E-state index in [0.717, 1.165) is 11.1 Å². The van der Waals surface area contributed by atoms with Crippen molar-refractivity contribution in [3.63, 3.8) is 0 Å². The molecule has 8 nitrogen and oxygen atoms in total. The molecule has 1 N–H and O–H groups in total. The third kappa shape index (κ3) is 2.58. The summed E-state index contributed by atoms with van der Waals surface area (Å²) in [4.78, 5) is 30.8. The summed E-state index contributed by atoms with van der Waals surface area (Å²) in [5, 5.41) is 3.22. The highest BCUT2D eigenvalue weighted by atomic mass is 16.2. The number of fused-ring (bicyclic) bond motifs is 1. The van der Waals surface area contributed by atoms with Gasteiger partial charge in [-0.15, -0.1) is 0 Å². The summed E-state index contributed by atoms with van der Waals surface area (Å²) in [7, 11) is 7.09. The third-order valence-corrected chi connectivity index (χ3v) is 3.51. The lowest BCUT2D eigenvalue weighted by Gasteiger charge is -2.11. The van der Waals surface area contributed by atoms with Gasteiger partial charge in [-0.1, -0.05) is 0 Å². The molecule has 2 aromatic rings. The first-order valence-corrected chi connectivity index (χ1v) is 6.93. The van der Waals surface area contributed by atoms with Gasteiger partial charge in [-0.2, -0.15) is 4.98 Å². The number of hydrogen-bond donors (Lipinski definition) is 1. The van der Waals surface area contributed by atoms with Crippen molar-refractivity contribution in [2.24, 2.45) is 14.1 Å². The lowest BCUT2D eigenvalue weighted by Crippen LogP contribution is -2.37. The number of nitrogens with one attached hydrogen (secondary N) is 1. The van der Waals surface area contributed by atoms with Crippen LogP contribution in [0.25, 0.3) is 11.2 Å². The Bertz CT molecular complexity index is 768. The summed E-state index contributed by atoms with van der Waals surface area (Å²) in [6.45, 7) is 4.12. The van der Waals surface area contributed by atoms with Crippen LogP contribution >= 0.6 is 0 Å². The quantitative estimate of drug-likeness (QED) is 0.799. The lowest BCUT2D eigenvalue weighted by molar-refractivity contribution is 0.424. The van der Waals surface area contributed by atoms with E-state index in [4.69, 9.17) is 0 Å². The van der Waals surface area contributed by atoms with Gasteiger partial charge in [0.2, 0.25) is 5.95 Å². The minimum atomic E-state index is -0.368. The highest BCUT2D eigenvalue weighted by Crippen LogP contribution is 2.14. The van der Waals surface area contributed by atoms with Crippen LogP contribution in [0.1, 0.15) is 6.92 Å². The van der Waals surface area contributed by atoms with Crippen LogP contribution < -0.4 is 16.6 Å². The smallest absolute Gasteiger partial charge is 0.332 e. The van der Waals surface area contributed by atoms with Crippen molar-refractivity contribution in [1.82, 2.24) is 23.6 Å². The van der Waals surface area contributed by atoms with Crippen LogP contribution in [0.15, 0.2) is 9.59 Å². The Morgan fingerprint density at radius 3 is 2.43 bits per heavy atom. The molecule has 0 unspecified atom stereocenters. The summed E-state index contributed by atoms with van der Waals surface area (Å²) < 4.78 is 4.33. The van der Waals surface area contributed by atoms with Crippen molar-refractivity contribution in [3.8, 4) is 0 Å². The van der Waals surface area contributed by atoms with E-state index < -0.39 is 0 Å². The second-order valence-electron chi connectivity index (χ2n) is 5.29. The van der Waals surface area contributed by atoms with Crippen LogP contribution in [0.4, 0.5) is 5.95 Å². The van der Waals surface area contributed by atoms with Crippen molar-refractivity contribution in [1.29, 1.82) is 0 Å². The molecule has 0 amide bonds.